The summed E-state index contributed by atoms with van der Waals surface area (Å²) in [5.74, 6) is 0.0792. The number of carbonyl (C=O) groups excluding carboxylic acids is 2. The number of para-hydroxylation sites is 1. The van der Waals surface area contributed by atoms with Gasteiger partial charge in [-0.25, -0.2) is 4.98 Å². The molecule has 3 heterocycles. The van der Waals surface area contributed by atoms with Crippen LogP contribution in [-0.4, -0.2) is 28.8 Å². The van der Waals surface area contributed by atoms with Crippen molar-refractivity contribution in [1.82, 2.24) is 15.3 Å². The summed E-state index contributed by atoms with van der Waals surface area (Å²) in [7, 11) is 1.85. The van der Waals surface area contributed by atoms with Crippen LogP contribution in [0.2, 0.25) is 0 Å². The highest BCUT2D eigenvalue weighted by Crippen LogP contribution is 2.33. The molecule has 0 spiro atoms. The number of aromatic nitrogens is 2. The summed E-state index contributed by atoms with van der Waals surface area (Å²) in [4.78, 5) is 35.3. The van der Waals surface area contributed by atoms with Crippen LogP contribution in [0.25, 0.3) is 0 Å². The molecule has 27 heavy (non-hydrogen) atoms. The van der Waals surface area contributed by atoms with Gasteiger partial charge in [0.15, 0.2) is 0 Å². The minimum absolute atomic E-state index is 0.202. The van der Waals surface area contributed by atoms with E-state index < -0.39 is 6.17 Å². The Hall–Kier alpha value is -3.74. The van der Waals surface area contributed by atoms with E-state index in [9.17, 15) is 9.59 Å². The van der Waals surface area contributed by atoms with E-state index in [0.29, 0.717) is 22.8 Å². The smallest absolute Gasteiger partial charge is 0.274 e. The predicted octanol–water partition coefficient (Wildman–Crippen LogP) is 2.61. The van der Waals surface area contributed by atoms with Crippen LogP contribution in [0.4, 0.5) is 11.5 Å². The van der Waals surface area contributed by atoms with E-state index in [0.717, 1.165) is 5.56 Å². The van der Waals surface area contributed by atoms with Crippen molar-refractivity contribution in [2.75, 3.05) is 17.3 Å². The standard InChI is InChI=1S/C20H17N5O2/c1-25-17-14(8-6-12-22-17)19(26)24-18(25)13-7-2-3-9-15(13)23-20(27)16-10-4-5-11-21-16/h2-12,18H,1H3,(H,23,27)(H,24,26). The second kappa shape index (κ2) is 6.87. The number of carbonyl (C=O) groups is 2. The van der Waals surface area contributed by atoms with Crippen molar-refractivity contribution in [2.24, 2.45) is 0 Å². The second-order valence-electron chi connectivity index (χ2n) is 6.12. The highest BCUT2D eigenvalue weighted by atomic mass is 16.2. The molecule has 1 unspecified atom stereocenters. The zero-order chi connectivity index (χ0) is 18.8. The van der Waals surface area contributed by atoms with Crippen LogP contribution in [-0.2, 0) is 0 Å². The van der Waals surface area contributed by atoms with Gasteiger partial charge in [-0.1, -0.05) is 24.3 Å². The third kappa shape index (κ3) is 3.10. The molecule has 2 N–H and O–H groups in total. The maximum atomic E-state index is 12.5. The average Bonchev–Trinajstić information content (AvgIpc) is 2.72. The molecule has 1 aliphatic heterocycles. The number of fused-ring (bicyclic) bond motifs is 1. The molecular weight excluding hydrogens is 342 g/mol. The first kappa shape index (κ1) is 16.7. The van der Waals surface area contributed by atoms with Crippen molar-refractivity contribution in [1.29, 1.82) is 0 Å². The summed E-state index contributed by atoms with van der Waals surface area (Å²) in [6.07, 6.45) is 2.76. The van der Waals surface area contributed by atoms with Gasteiger partial charge in [0.2, 0.25) is 0 Å². The molecule has 1 aromatic carbocycles. The number of anilines is 2. The molecule has 7 nitrogen and oxygen atoms in total. The molecule has 0 aliphatic carbocycles. The van der Waals surface area contributed by atoms with Gasteiger partial charge in [-0.05, 0) is 30.3 Å². The Morgan fingerprint density at radius 1 is 1.04 bits per heavy atom. The molecule has 134 valence electrons. The van der Waals surface area contributed by atoms with Crippen LogP contribution in [0.5, 0.6) is 0 Å². The number of hydrogen-bond acceptors (Lipinski definition) is 5. The van der Waals surface area contributed by atoms with Gasteiger partial charge in [-0.3, -0.25) is 14.6 Å². The summed E-state index contributed by atoms with van der Waals surface area (Å²) in [5.41, 5.74) is 2.20. The van der Waals surface area contributed by atoms with Crippen LogP contribution >= 0.6 is 0 Å². The fraction of sp³-hybridized carbons (Fsp3) is 0.100. The Bertz CT molecular complexity index is 1010. The minimum Gasteiger partial charge on any atom is -0.335 e. The predicted molar refractivity (Wildman–Crippen MR) is 101 cm³/mol. The molecule has 2 amide bonds. The van der Waals surface area contributed by atoms with Gasteiger partial charge < -0.3 is 15.5 Å². The zero-order valence-electron chi connectivity index (χ0n) is 14.6. The molecule has 2 aromatic heterocycles. The van der Waals surface area contributed by atoms with Crippen LogP contribution < -0.4 is 15.5 Å². The summed E-state index contributed by atoms with van der Waals surface area (Å²) >= 11 is 0. The van der Waals surface area contributed by atoms with E-state index in [1.807, 2.05) is 30.1 Å². The van der Waals surface area contributed by atoms with Crippen molar-refractivity contribution < 1.29 is 9.59 Å². The lowest BCUT2D eigenvalue weighted by Gasteiger charge is -2.36. The monoisotopic (exact) mass is 359 g/mol. The van der Waals surface area contributed by atoms with Gasteiger partial charge in [0.1, 0.15) is 17.7 Å². The first-order valence-corrected chi connectivity index (χ1v) is 8.45. The lowest BCUT2D eigenvalue weighted by molar-refractivity contribution is 0.0927. The SMILES string of the molecule is CN1c2ncccc2C(=O)NC1c1ccccc1NC(=O)c1ccccn1. The summed E-state index contributed by atoms with van der Waals surface area (Å²) < 4.78 is 0. The van der Waals surface area contributed by atoms with Crippen molar-refractivity contribution in [3.63, 3.8) is 0 Å². The third-order valence-corrected chi connectivity index (χ3v) is 4.42. The van der Waals surface area contributed by atoms with Crippen molar-refractivity contribution in [2.45, 2.75) is 6.17 Å². The quantitative estimate of drug-likeness (QED) is 0.751. The fourth-order valence-electron chi connectivity index (χ4n) is 3.10. The highest BCUT2D eigenvalue weighted by molar-refractivity contribution is 6.04. The van der Waals surface area contributed by atoms with E-state index in [1.165, 1.54) is 0 Å². The zero-order valence-corrected chi connectivity index (χ0v) is 14.6. The molecule has 0 saturated carbocycles. The molecule has 0 radical (unpaired) electrons. The van der Waals surface area contributed by atoms with Crippen molar-refractivity contribution in [3.8, 4) is 0 Å². The average molecular weight is 359 g/mol. The summed E-state index contributed by atoms with van der Waals surface area (Å²) in [6, 6.07) is 16.0. The third-order valence-electron chi connectivity index (χ3n) is 4.42. The molecule has 0 saturated heterocycles. The van der Waals surface area contributed by atoms with Crippen molar-refractivity contribution >= 4 is 23.3 Å². The van der Waals surface area contributed by atoms with E-state index in [4.69, 9.17) is 0 Å². The lowest BCUT2D eigenvalue weighted by Crippen LogP contribution is -2.45. The van der Waals surface area contributed by atoms with Gasteiger partial charge in [-0.15, -0.1) is 0 Å². The normalized spacial score (nSPS) is 15.7. The number of rotatable bonds is 3. The number of amides is 2. The molecule has 1 atom stereocenters. The van der Waals surface area contributed by atoms with Crippen LogP contribution in [0.1, 0.15) is 32.6 Å². The van der Waals surface area contributed by atoms with Gasteiger partial charge in [-0.2, -0.15) is 0 Å². The maximum absolute atomic E-state index is 12.5. The van der Waals surface area contributed by atoms with Crippen LogP contribution in [0.15, 0.2) is 67.0 Å². The van der Waals surface area contributed by atoms with E-state index >= 15 is 0 Å². The number of nitrogens with zero attached hydrogens (tertiary/aromatic N) is 3. The van der Waals surface area contributed by atoms with Gasteiger partial charge in [0.25, 0.3) is 11.8 Å². The number of hydrogen-bond donors (Lipinski definition) is 2. The van der Waals surface area contributed by atoms with Crippen LogP contribution in [0.3, 0.4) is 0 Å². The minimum atomic E-state index is -0.458. The Labute approximate surface area is 156 Å². The van der Waals surface area contributed by atoms with E-state index in [-0.39, 0.29) is 11.8 Å². The largest absolute Gasteiger partial charge is 0.335 e. The highest BCUT2D eigenvalue weighted by Gasteiger charge is 2.31. The molecule has 7 heteroatoms. The molecule has 0 bridgehead atoms. The van der Waals surface area contributed by atoms with Gasteiger partial charge in [0, 0.05) is 30.7 Å². The molecule has 0 fully saturated rings. The molecular formula is C20H17N5O2. The van der Waals surface area contributed by atoms with Gasteiger partial charge >= 0.3 is 0 Å². The first-order valence-electron chi connectivity index (χ1n) is 8.45. The fourth-order valence-corrected chi connectivity index (χ4v) is 3.10. The maximum Gasteiger partial charge on any atom is 0.274 e. The second-order valence-corrected chi connectivity index (χ2v) is 6.12. The van der Waals surface area contributed by atoms with Crippen molar-refractivity contribution in [3.05, 3.63) is 83.8 Å². The van der Waals surface area contributed by atoms with Crippen LogP contribution in [0, 0.1) is 0 Å². The van der Waals surface area contributed by atoms with Gasteiger partial charge in [0.05, 0.1) is 5.56 Å². The number of benzene rings is 1. The Balaban J connectivity index is 1.68. The summed E-state index contributed by atoms with van der Waals surface area (Å²) in [6.45, 7) is 0. The molecule has 1 aliphatic rings. The Kier molecular flexibility index (Phi) is 4.25. The lowest BCUT2D eigenvalue weighted by atomic mass is 10.0. The number of nitrogens with one attached hydrogen (secondary N) is 2. The first-order chi connectivity index (χ1) is 13.1. The van der Waals surface area contributed by atoms with E-state index in [2.05, 4.69) is 20.6 Å². The number of pyridine rings is 2. The molecule has 4 rings (SSSR count). The van der Waals surface area contributed by atoms with E-state index in [1.54, 1.807) is 48.8 Å². The topological polar surface area (TPSA) is 87.2 Å². The molecule has 3 aromatic rings. The Morgan fingerprint density at radius 2 is 1.81 bits per heavy atom. The summed E-state index contributed by atoms with van der Waals surface area (Å²) in [5, 5.41) is 5.86. The Morgan fingerprint density at radius 3 is 2.63 bits per heavy atom.